The molecule has 4 aliphatic rings. The van der Waals surface area contributed by atoms with E-state index in [0.29, 0.717) is 17.6 Å². The van der Waals surface area contributed by atoms with Crippen LogP contribution in [-0.4, -0.2) is 15.5 Å². The number of esters is 1. The van der Waals surface area contributed by atoms with Gasteiger partial charge in [0.2, 0.25) is 0 Å². The highest BCUT2D eigenvalue weighted by atomic mass is 19.1. The normalized spacial score (nSPS) is 19.5. The number of aryl methyl sites for hydroxylation is 1. The van der Waals surface area contributed by atoms with Gasteiger partial charge in [0.05, 0.1) is 35.4 Å². The van der Waals surface area contributed by atoms with E-state index in [2.05, 4.69) is 0 Å². The largest absolute Gasteiger partial charge is 0.460 e. The van der Waals surface area contributed by atoms with E-state index in [4.69, 9.17) is 9.72 Å². The van der Waals surface area contributed by atoms with Crippen LogP contribution in [-0.2, 0) is 40.9 Å². The molecule has 30 heavy (non-hydrogen) atoms. The Morgan fingerprint density at radius 2 is 1.97 bits per heavy atom. The van der Waals surface area contributed by atoms with Crippen LogP contribution in [0.1, 0.15) is 52.6 Å². The molecule has 1 saturated carbocycles. The van der Waals surface area contributed by atoms with Crippen LogP contribution in [0.15, 0.2) is 16.9 Å². The number of benzene rings is 1. The van der Waals surface area contributed by atoms with E-state index in [1.165, 1.54) is 5.56 Å². The molecule has 2 aliphatic heterocycles. The predicted octanol–water partition coefficient (Wildman–Crippen LogP) is 3.45. The maximum atomic E-state index is 14.7. The molecule has 1 aromatic carbocycles. The third kappa shape index (κ3) is 1.90. The summed E-state index contributed by atoms with van der Waals surface area (Å²) in [7, 11) is 0. The molecule has 5 nitrogen and oxygen atoms in total. The number of nitrogens with zero attached hydrogens (tertiary/aromatic N) is 2. The van der Waals surface area contributed by atoms with Gasteiger partial charge >= 0.3 is 5.97 Å². The van der Waals surface area contributed by atoms with Crippen LogP contribution >= 0.6 is 0 Å². The zero-order chi connectivity index (χ0) is 20.4. The molecular weight excluding hydrogens is 383 g/mol. The summed E-state index contributed by atoms with van der Waals surface area (Å²) in [5.74, 6) is -0.531. The Labute approximate surface area is 171 Å². The quantitative estimate of drug-likeness (QED) is 0.423. The van der Waals surface area contributed by atoms with E-state index < -0.39 is 0 Å². The van der Waals surface area contributed by atoms with Crippen molar-refractivity contribution in [2.75, 3.05) is 0 Å². The van der Waals surface area contributed by atoms with Crippen molar-refractivity contribution in [3.63, 3.8) is 0 Å². The van der Waals surface area contributed by atoms with Gasteiger partial charge in [0.25, 0.3) is 5.56 Å². The van der Waals surface area contributed by atoms with Crippen molar-refractivity contribution in [3.05, 3.63) is 61.7 Å². The number of cyclic esters (lactones) is 1. The lowest BCUT2D eigenvalue weighted by Gasteiger charge is -2.29. The number of carbonyl (C=O) groups excluding carboxylic acids is 1. The molecule has 4 heterocycles. The topological polar surface area (TPSA) is 61.2 Å². The van der Waals surface area contributed by atoms with E-state index in [9.17, 15) is 14.0 Å². The molecule has 2 aliphatic carbocycles. The monoisotopic (exact) mass is 402 g/mol. The Morgan fingerprint density at radius 1 is 1.13 bits per heavy atom. The molecule has 7 rings (SSSR count). The zero-order valence-corrected chi connectivity index (χ0v) is 16.6. The summed E-state index contributed by atoms with van der Waals surface area (Å²) >= 11 is 0. The smallest absolute Gasteiger partial charge is 0.310 e. The number of pyridine rings is 2. The van der Waals surface area contributed by atoms with Crippen molar-refractivity contribution in [1.82, 2.24) is 9.55 Å². The van der Waals surface area contributed by atoms with Crippen molar-refractivity contribution in [1.29, 1.82) is 0 Å². The molecule has 0 amide bonds. The minimum atomic E-state index is -0.314. The van der Waals surface area contributed by atoms with Crippen LogP contribution in [0.5, 0.6) is 0 Å². The highest BCUT2D eigenvalue weighted by Crippen LogP contribution is 2.59. The number of hydrogen-bond donors (Lipinski definition) is 0. The number of hydrogen-bond acceptors (Lipinski definition) is 4. The highest BCUT2D eigenvalue weighted by Gasteiger charge is 2.50. The fraction of sp³-hybridized carbons (Fsp3) is 0.375. The van der Waals surface area contributed by atoms with Gasteiger partial charge in [-0.25, -0.2) is 9.37 Å². The fourth-order valence-corrected chi connectivity index (χ4v) is 5.94. The number of aromatic nitrogens is 2. The van der Waals surface area contributed by atoms with Crippen molar-refractivity contribution >= 4 is 16.9 Å². The maximum Gasteiger partial charge on any atom is 0.310 e. The van der Waals surface area contributed by atoms with Gasteiger partial charge in [-0.05, 0) is 66.3 Å². The summed E-state index contributed by atoms with van der Waals surface area (Å²) in [6.07, 6.45) is 4.29. The standard InChI is InChI=1S/C24H19FN2O3/c1-11-13-2-3-24(4-5-24)21-14-9-27-18(22(14)26-17(20(13)21)8-16(11)25)6-12-7-19(28)30-10-15(12)23(27)29/h6,8H,2-5,7,9-10H2,1H3. The molecule has 150 valence electrons. The van der Waals surface area contributed by atoms with E-state index in [1.807, 2.05) is 13.0 Å². The second-order valence-corrected chi connectivity index (χ2v) is 9.21. The second kappa shape index (κ2) is 5.17. The minimum absolute atomic E-state index is 0.0321. The van der Waals surface area contributed by atoms with Crippen LogP contribution < -0.4 is 5.56 Å². The molecule has 0 radical (unpaired) electrons. The number of carbonyl (C=O) groups is 1. The van der Waals surface area contributed by atoms with Crippen molar-refractivity contribution in [2.45, 2.75) is 57.6 Å². The Balaban J connectivity index is 1.58. The minimum Gasteiger partial charge on any atom is -0.460 e. The van der Waals surface area contributed by atoms with Crippen LogP contribution in [0.3, 0.4) is 0 Å². The molecule has 0 atom stereocenters. The first-order valence-corrected chi connectivity index (χ1v) is 10.5. The summed E-state index contributed by atoms with van der Waals surface area (Å²) in [4.78, 5) is 29.9. The lowest BCUT2D eigenvalue weighted by Crippen LogP contribution is -2.30. The predicted molar refractivity (Wildman–Crippen MR) is 108 cm³/mol. The van der Waals surface area contributed by atoms with Gasteiger partial charge in [0.15, 0.2) is 0 Å². The van der Waals surface area contributed by atoms with Gasteiger partial charge in [-0.3, -0.25) is 9.59 Å². The number of fused-ring (bicyclic) bond motifs is 6. The molecule has 1 spiro atoms. The second-order valence-electron chi connectivity index (χ2n) is 9.21. The summed E-state index contributed by atoms with van der Waals surface area (Å²) in [6, 6.07) is 3.47. The Bertz CT molecular complexity index is 1410. The first-order chi connectivity index (χ1) is 14.5. The third-order valence-electron chi connectivity index (χ3n) is 7.70. The molecular formula is C24H19FN2O3. The van der Waals surface area contributed by atoms with Crippen LogP contribution in [0.2, 0.25) is 0 Å². The van der Waals surface area contributed by atoms with Crippen molar-refractivity contribution in [3.8, 4) is 11.4 Å². The van der Waals surface area contributed by atoms with Gasteiger partial charge in [-0.1, -0.05) is 0 Å². The number of rotatable bonds is 0. The van der Waals surface area contributed by atoms with Crippen molar-refractivity contribution in [2.24, 2.45) is 0 Å². The van der Waals surface area contributed by atoms with E-state index in [1.54, 1.807) is 10.6 Å². The molecule has 0 bridgehead atoms. The molecule has 2 aromatic heterocycles. The number of ether oxygens (including phenoxy) is 1. The Hall–Kier alpha value is -3.02. The highest BCUT2D eigenvalue weighted by molar-refractivity contribution is 5.94. The fourth-order valence-electron chi connectivity index (χ4n) is 5.94. The van der Waals surface area contributed by atoms with Crippen LogP contribution in [0.4, 0.5) is 4.39 Å². The first kappa shape index (κ1) is 16.7. The lowest BCUT2D eigenvalue weighted by atomic mass is 9.76. The van der Waals surface area contributed by atoms with Gasteiger partial charge in [0.1, 0.15) is 12.4 Å². The maximum absolute atomic E-state index is 14.7. The van der Waals surface area contributed by atoms with Gasteiger partial charge in [0, 0.05) is 17.0 Å². The zero-order valence-electron chi connectivity index (χ0n) is 16.6. The average molecular weight is 402 g/mol. The Kier molecular flexibility index (Phi) is 2.89. The van der Waals surface area contributed by atoms with E-state index >= 15 is 0 Å². The summed E-state index contributed by atoms with van der Waals surface area (Å²) < 4.78 is 21.6. The van der Waals surface area contributed by atoms with E-state index in [0.717, 1.165) is 64.7 Å². The van der Waals surface area contributed by atoms with E-state index in [-0.39, 0.29) is 35.8 Å². The number of halogens is 1. The van der Waals surface area contributed by atoms with Gasteiger partial charge in [-0.2, -0.15) is 0 Å². The Morgan fingerprint density at radius 3 is 2.77 bits per heavy atom. The molecule has 1 fully saturated rings. The summed E-state index contributed by atoms with van der Waals surface area (Å²) in [5.41, 5.74) is 7.74. The molecule has 0 N–H and O–H groups in total. The molecule has 6 heteroatoms. The lowest BCUT2D eigenvalue weighted by molar-refractivity contribution is -0.145. The van der Waals surface area contributed by atoms with Crippen molar-refractivity contribution < 1.29 is 13.9 Å². The third-order valence-corrected chi connectivity index (χ3v) is 7.70. The SMILES string of the molecule is Cc1c(F)cc2nc3c(c4c2c1CCC41CC1)Cn1c-3cc2c(c1=O)COC(=O)C2. The van der Waals surface area contributed by atoms with Gasteiger partial charge in [-0.15, -0.1) is 0 Å². The first-order valence-electron chi connectivity index (χ1n) is 10.5. The average Bonchev–Trinajstić information content (AvgIpc) is 3.40. The molecule has 0 unspecified atom stereocenters. The molecule has 0 saturated heterocycles. The summed E-state index contributed by atoms with van der Waals surface area (Å²) in [6.45, 7) is 2.38. The van der Waals surface area contributed by atoms with Gasteiger partial charge < -0.3 is 9.30 Å². The molecule has 3 aromatic rings. The summed E-state index contributed by atoms with van der Waals surface area (Å²) in [5, 5.41) is 1.11. The van der Waals surface area contributed by atoms with Crippen LogP contribution in [0, 0.1) is 12.7 Å². The van der Waals surface area contributed by atoms with Crippen LogP contribution in [0.25, 0.3) is 22.3 Å².